The number of rotatable bonds is 10. The molecule has 160 valence electrons. The van der Waals surface area contributed by atoms with E-state index in [1.165, 1.54) is 37.0 Å². The molecular weight excluding hydrogens is 368 g/mol. The highest BCUT2D eigenvalue weighted by atomic mass is 32.2. The average molecular weight is 409 g/mol. The van der Waals surface area contributed by atoms with Gasteiger partial charge in [-0.1, -0.05) is 51.0 Å². The fourth-order valence-electron chi connectivity index (χ4n) is 2.80. The number of allylic oxidation sites excluding steroid dienone is 2. The Morgan fingerprint density at radius 1 is 1.25 bits per heavy atom. The van der Waals surface area contributed by atoms with Crippen molar-refractivity contribution in [3.8, 4) is 5.75 Å². The van der Waals surface area contributed by atoms with E-state index in [1.54, 1.807) is 0 Å². The van der Waals surface area contributed by atoms with Crippen molar-refractivity contribution in [3.63, 3.8) is 0 Å². The molecule has 0 amide bonds. The van der Waals surface area contributed by atoms with Gasteiger partial charge >= 0.3 is 5.97 Å². The largest absolute Gasteiger partial charge is 0.494 e. The van der Waals surface area contributed by atoms with E-state index >= 15 is 0 Å². The van der Waals surface area contributed by atoms with Gasteiger partial charge in [0.05, 0.1) is 6.61 Å². The predicted molar refractivity (Wildman–Crippen MR) is 124 cm³/mol. The monoisotopic (exact) mass is 408 g/mol. The Bertz CT molecular complexity index is 522. The molecule has 28 heavy (non-hydrogen) atoms. The summed E-state index contributed by atoms with van der Waals surface area (Å²) in [7, 11) is 0. The first-order valence-corrected chi connectivity index (χ1v) is 11.8. The first-order chi connectivity index (χ1) is 13.6. The molecule has 4 heteroatoms. The van der Waals surface area contributed by atoms with E-state index < -0.39 is 5.97 Å². The maximum absolute atomic E-state index is 9.94. The number of aliphatic carboxylic acids is 1. The van der Waals surface area contributed by atoms with E-state index in [0.717, 1.165) is 36.9 Å². The summed E-state index contributed by atoms with van der Waals surface area (Å²) in [5.41, 5.74) is 1.27. The Balaban J connectivity index is 0.000000566. The van der Waals surface area contributed by atoms with Crippen LogP contribution in [0.3, 0.4) is 0 Å². The molecule has 0 atom stereocenters. The summed E-state index contributed by atoms with van der Waals surface area (Å²) in [5.74, 6) is 1.55. The quantitative estimate of drug-likeness (QED) is 0.326. The van der Waals surface area contributed by atoms with E-state index in [-0.39, 0.29) is 6.42 Å². The van der Waals surface area contributed by atoms with Gasteiger partial charge in [0.25, 0.3) is 0 Å². The van der Waals surface area contributed by atoms with Crippen LogP contribution >= 0.6 is 11.8 Å². The molecule has 1 fully saturated rings. The second-order valence-electron chi connectivity index (χ2n) is 6.65. The molecule has 0 heterocycles. The first kappa shape index (κ1) is 26.6. The highest BCUT2D eigenvalue weighted by Gasteiger charge is 2.14. The zero-order valence-corrected chi connectivity index (χ0v) is 19.1. The number of carboxylic acid groups (broad SMARTS) is 1. The normalized spacial score (nSPS) is 13.4. The molecule has 1 aromatic carbocycles. The Morgan fingerprint density at radius 2 is 1.96 bits per heavy atom. The lowest BCUT2D eigenvalue weighted by Gasteiger charge is -2.09. The molecule has 1 aromatic rings. The maximum Gasteiger partial charge on any atom is 0.303 e. The van der Waals surface area contributed by atoms with Gasteiger partial charge in [-0.15, -0.1) is 0 Å². The van der Waals surface area contributed by atoms with Gasteiger partial charge in [-0.25, -0.2) is 0 Å². The number of carbonyl (C=O) groups is 1. The summed E-state index contributed by atoms with van der Waals surface area (Å²) in [5, 5.41) is 9.13. The molecule has 1 saturated carbocycles. The molecule has 0 unspecified atom stereocenters. The third-order valence-corrected chi connectivity index (χ3v) is 5.67. The van der Waals surface area contributed by atoms with Crippen LogP contribution in [0.1, 0.15) is 77.7 Å². The lowest BCUT2D eigenvalue weighted by atomic mass is 10.2. The van der Waals surface area contributed by atoms with Crippen molar-refractivity contribution in [2.45, 2.75) is 84.3 Å². The minimum absolute atomic E-state index is 0.282. The summed E-state index contributed by atoms with van der Waals surface area (Å²) in [4.78, 5) is 9.94. The zero-order valence-electron chi connectivity index (χ0n) is 18.3. The average Bonchev–Trinajstić information content (AvgIpc) is 3.21. The highest BCUT2D eigenvalue weighted by Crippen LogP contribution is 2.29. The number of carboxylic acids is 1. The molecule has 0 aromatic heterocycles. The van der Waals surface area contributed by atoms with Crippen LogP contribution in [0.25, 0.3) is 0 Å². The first-order valence-electron chi connectivity index (χ1n) is 10.8. The Kier molecular flexibility index (Phi) is 18.0. The van der Waals surface area contributed by atoms with Gasteiger partial charge in [-0.3, -0.25) is 4.79 Å². The molecular formula is C24H40O3S. The number of thioether (sulfide) groups is 1. The summed E-state index contributed by atoms with van der Waals surface area (Å²) < 4.78 is 5.74. The van der Waals surface area contributed by atoms with Crippen molar-refractivity contribution < 1.29 is 14.6 Å². The van der Waals surface area contributed by atoms with E-state index in [1.807, 2.05) is 39.0 Å². The van der Waals surface area contributed by atoms with Crippen molar-refractivity contribution in [3.05, 3.63) is 42.0 Å². The van der Waals surface area contributed by atoms with Gasteiger partial charge in [0, 0.05) is 11.7 Å². The van der Waals surface area contributed by atoms with Crippen molar-refractivity contribution in [2.24, 2.45) is 0 Å². The van der Waals surface area contributed by atoms with Crippen LogP contribution in [0, 0.1) is 6.92 Å². The predicted octanol–water partition coefficient (Wildman–Crippen LogP) is 7.28. The maximum atomic E-state index is 9.94. The number of aryl methyl sites for hydroxylation is 1. The van der Waals surface area contributed by atoms with E-state index in [9.17, 15) is 4.79 Å². The van der Waals surface area contributed by atoms with E-state index in [4.69, 9.17) is 9.84 Å². The summed E-state index contributed by atoms with van der Waals surface area (Å²) in [6.45, 7) is 8.88. The van der Waals surface area contributed by atoms with Gasteiger partial charge in [-0.2, -0.15) is 11.8 Å². The fraction of sp³-hybridized carbons (Fsp3) is 0.625. The third kappa shape index (κ3) is 15.6. The zero-order chi connectivity index (χ0) is 21.0. The van der Waals surface area contributed by atoms with Crippen molar-refractivity contribution in [1.29, 1.82) is 0 Å². The van der Waals surface area contributed by atoms with Gasteiger partial charge in [0.2, 0.25) is 0 Å². The molecule has 1 aliphatic carbocycles. The molecule has 0 spiro atoms. The van der Waals surface area contributed by atoms with Crippen LogP contribution in [0.2, 0.25) is 0 Å². The highest BCUT2D eigenvalue weighted by molar-refractivity contribution is 7.99. The third-order valence-electron chi connectivity index (χ3n) is 4.20. The number of ether oxygens (including phenoxy) is 1. The van der Waals surface area contributed by atoms with Gasteiger partial charge < -0.3 is 9.84 Å². The standard InChI is InChI=1S/C15H22OS.C7H12O2.C2H6/c1-13-6-4-7-14(12-13)16-10-5-11-17-15-8-2-3-9-15;1-2-3-4-5-6-7(8)9;1-2/h4,6-7,12,15H,2-3,5,8-11H2,1H3;2-3H,4-6H2,1H3,(H,8,9);1-2H3/b;3-2-;. The molecule has 3 nitrogen and oxygen atoms in total. The summed E-state index contributed by atoms with van der Waals surface area (Å²) in [6.07, 6.45) is 12.7. The molecule has 0 bridgehead atoms. The second kappa shape index (κ2) is 18.9. The summed E-state index contributed by atoms with van der Waals surface area (Å²) >= 11 is 2.14. The Morgan fingerprint density at radius 3 is 2.57 bits per heavy atom. The number of benzene rings is 1. The van der Waals surface area contributed by atoms with Crippen LogP contribution < -0.4 is 4.74 Å². The van der Waals surface area contributed by atoms with Crippen LogP contribution in [-0.4, -0.2) is 28.7 Å². The van der Waals surface area contributed by atoms with Gasteiger partial charge in [0.1, 0.15) is 5.75 Å². The minimum atomic E-state index is -0.709. The minimum Gasteiger partial charge on any atom is -0.494 e. The SMILES string of the molecule is C/C=C\CCCC(=O)O.CC.Cc1cccc(OCCCSC2CCCC2)c1. The lowest BCUT2D eigenvalue weighted by Crippen LogP contribution is -2.01. The Hall–Kier alpha value is -1.42. The van der Waals surface area contributed by atoms with Gasteiger partial charge in [-0.05, 0) is 69.4 Å². The molecule has 0 radical (unpaired) electrons. The van der Waals surface area contributed by atoms with Crippen molar-refractivity contribution in [2.75, 3.05) is 12.4 Å². The molecule has 2 rings (SSSR count). The lowest BCUT2D eigenvalue weighted by molar-refractivity contribution is -0.137. The molecule has 1 N–H and O–H groups in total. The van der Waals surface area contributed by atoms with Gasteiger partial charge in [0.15, 0.2) is 0 Å². The second-order valence-corrected chi connectivity index (χ2v) is 8.06. The smallest absolute Gasteiger partial charge is 0.303 e. The number of hydrogen-bond acceptors (Lipinski definition) is 3. The fourth-order valence-corrected chi connectivity index (χ4v) is 4.08. The molecule has 0 saturated heterocycles. The van der Waals surface area contributed by atoms with Crippen molar-refractivity contribution in [1.82, 2.24) is 0 Å². The number of unbranched alkanes of at least 4 members (excludes halogenated alkanes) is 1. The molecule has 0 aliphatic heterocycles. The van der Waals surface area contributed by atoms with Crippen LogP contribution in [0.5, 0.6) is 5.75 Å². The van der Waals surface area contributed by atoms with E-state index in [2.05, 4.69) is 36.9 Å². The van der Waals surface area contributed by atoms with Crippen LogP contribution in [0.15, 0.2) is 36.4 Å². The molecule has 1 aliphatic rings. The van der Waals surface area contributed by atoms with Crippen LogP contribution in [-0.2, 0) is 4.79 Å². The topological polar surface area (TPSA) is 46.5 Å². The number of hydrogen-bond donors (Lipinski definition) is 1. The Labute approximate surface area is 177 Å². The van der Waals surface area contributed by atoms with E-state index in [0.29, 0.717) is 0 Å². The summed E-state index contributed by atoms with van der Waals surface area (Å²) in [6, 6.07) is 8.29. The van der Waals surface area contributed by atoms with Crippen LogP contribution in [0.4, 0.5) is 0 Å². The van der Waals surface area contributed by atoms with Crippen molar-refractivity contribution >= 4 is 17.7 Å².